The van der Waals surface area contributed by atoms with Crippen LogP contribution in [0.1, 0.15) is 0 Å². The number of halogens is 1. The second-order valence-corrected chi connectivity index (χ2v) is 6.54. The van der Waals surface area contributed by atoms with Crippen molar-refractivity contribution in [2.75, 3.05) is 11.1 Å². The Hall–Kier alpha value is -3.11. The number of non-ortho nitro benzene ring substituents is 1. The van der Waals surface area contributed by atoms with Gasteiger partial charge in [-0.05, 0) is 24.3 Å². The molecule has 138 valence electrons. The molecule has 3 rings (SSSR count). The molecule has 1 aromatic heterocycles. The van der Waals surface area contributed by atoms with Gasteiger partial charge in [-0.1, -0.05) is 29.4 Å². The van der Waals surface area contributed by atoms with Gasteiger partial charge in [0, 0.05) is 22.7 Å². The average Bonchev–Trinajstić information content (AvgIpc) is 3.12. The van der Waals surface area contributed by atoms with Crippen LogP contribution in [0.15, 0.2) is 52.1 Å². The first-order valence-electron chi connectivity index (χ1n) is 7.42. The fraction of sp³-hybridized carbons (Fsp3) is 0.0625. The van der Waals surface area contributed by atoms with E-state index >= 15 is 0 Å². The Bertz CT molecular complexity index is 1010. The lowest BCUT2D eigenvalue weighted by Gasteiger charge is -2.06. The van der Waals surface area contributed by atoms with Crippen LogP contribution < -0.4 is 5.32 Å². The first-order valence-corrected chi connectivity index (χ1v) is 8.78. The quantitative estimate of drug-likeness (QED) is 0.274. The van der Waals surface area contributed by atoms with Crippen molar-refractivity contribution in [3.8, 4) is 17.2 Å². The van der Waals surface area contributed by atoms with E-state index in [1.165, 1.54) is 36.4 Å². The number of anilines is 1. The van der Waals surface area contributed by atoms with E-state index in [2.05, 4.69) is 15.5 Å². The zero-order valence-corrected chi connectivity index (χ0v) is 15.0. The summed E-state index contributed by atoms with van der Waals surface area (Å²) in [6.07, 6.45) is 0. The Morgan fingerprint density at radius 2 is 2.11 bits per heavy atom. The van der Waals surface area contributed by atoms with Crippen molar-refractivity contribution in [2.45, 2.75) is 5.22 Å². The van der Waals surface area contributed by atoms with Crippen LogP contribution in [0.2, 0.25) is 5.02 Å². The molecule has 2 N–H and O–H groups in total. The summed E-state index contributed by atoms with van der Waals surface area (Å²) in [5, 5.41) is 31.2. The molecule has 0 saturated carbocycles. The highest BCUT2D eigenvalue weighted by Crippen LogP contribution is 2.28. The molecule has 3 aromatic rings. The Morgan fingerprint density at radius 1 is 1.30 bits per heavy atom. The number of hydrogen-bond acceptors (Lipinski definition) is 8. The first kappa shape index (κ1) is 18.7. The molecule has 0 saturated heterocycles. The third-order valence-corrected chi connectivity index (χ3v) is 4.32. The van der Waals surface area contributed by atoms with Crippen molar-refractivity contribution in [2.24, 2.45) is 0 Å². The topological polar surface area (TPSA) is 131 Å². The Morgan fingerprint density at radius 3 is 2.89 bits per heavy atom. The fourth-order valence-electron chi connectivity index (χ4n) is 2.06. The molecule has 0 aliphatic heterocycles. The van der Waals surface area contributed by atoms with Crippen LogP contribution in [0.5, 0.6) is 5.75 Å². The maximum Gasteiger partial charge on any atom is 0.277 e. The summed E-state index contributed by atoms with van der Waals surface area (Å²) in [5.41, 5.74) is 0.494. The number of nitrogens with zero attached hydrogens (tertiary/aromatic N) is 3. The van der Waals surface area contributed by atoms with Gasteiger partial charge in [0.05, 0.1) is 16.4 Å². The summed E-state index contributed by atoms with van der Waals surface area (Å²) in [5.74, 6) is -0.465. The van der Waals surface area contributed by atoms with E-state index in [0.717, 1.165) is 11.8 Å². The number of aromatic hydroxyl groups is 1. The molecule has 1 heterocycles. The molecular formula is C16H11ClN4O5S. The van der Waals surface area contributed by atoms with Crippen molar-refractivity contribution in [1.29, 1.82) is 0 Å². The van der Waals surface area contributed by atoms with Crippen LogP contribution >= 0.6 is 23.4 Å². The molecule has 0 aliphatic rings. The number of phenolic OH excluding ortho intramolecular Hbond substituents is 1. The summed E-state index contributed by atoms with van der Waals surface area (Å²) < 4.78 is 5.42. The molecule has 2 aromatic carbocycles. The van der Waals surface area contributed by atoms with Gasteiger partial charge in [-0.2, -0.15) is 0 Å². The van der Waals surface area contributed by atoms with E-state index in [-0.39, 0.29) is 34.0 Å². The molecule has 0 unspecified atom stereocenters. The van der Waals surface area contributed by atoms with E-state index in [4.69, 9.17) is 16.0 Å². The van der Waals surface area contributed by atoms with Gasteiger partial charge in [-0.15, -0.1) is 10.2 Å². The highest BCUT2D eigenvalue weighted by atomic mass is 35.5. The zero-order valence-electron chi connectivity index (χ0n) is 13.5. The van der Waals surface area contributed by atoms with Crippen LogP contribution in [-0.4, -0.2) is 31.9 Å². The Balaban J connectivity index is 1.62. The minimum atomic E-state index is -0.523. The van der Waals surface area contributed by atoms with E-state index in [0.29, 0.717) is 10.6 Å². The molecule has 9 nitrogen and oxygen atoms in total. The maximum absolute atomic E-state index is 12.0. The maximum atomic E-state index is 12.0. The van der Waals surface area contributed by atoms with Crippen molar-refractivity contribution >= 4 is 40.6 Å². The summed E-state index contributed by atoms with van der Waals surface area (Å²) in [6, 6.07) is 10.1. The number of phenols is 1. The van der Waals surface area contributed by atoms with Crippen LogP contribution in [-0.2, 0) is 4.79 Å². The minimum Gasteiger partial charge on any atom is -0.506 e. The number of rotatable bonds is 6. The van der Waals surface area contributed by atoms with Crippen LogP contribution in [0, 0.1) is 10.1 Å². The smallest absolute Gasteiger partial charge is 0.277 e. The lowest BCUT2D eigenvalue weighted by molar-refractivity contribution is -0.384. The monoisotopic (exact) mass is 406 g/mol. The normalized spacial score (nSPS) is 10.6. The highest BCUT2D eigenvalue weighted by Gasteiger charge is 2.14. The van der Waals surface area contributed by atoms with Gasteiger partial charge in [0.2, 0.25) is 11.8 Å². The largest absolute Gasteiger partial charge is 0.506 e. The molecule has 1 amide bonds. The van der Waals surface area contributed by atoms with E-state index in [9.17, 15) is 20.0 Å². The van der Waals surface area contributed by atoms with Gasteiger partial charge < -0.3 is 14.8 Å². The fourth-order valence-corrected chi connectivity index (χ4v) is 2.79. The van der Waals surface area contributed by atoms with Gasteiger partial charge in [-0.3, -0.25) is 14.9 Å². The van der Waals surface area contributed by atoms with E-state index in [1.54, 1.807) is 6.07 Å². The number of carbonyl (C=O) groups excluding carboxylic acids is 1. The average molecular weight is 407 g/mol. The molecule has 0 spiro atoms. The molecular weight excluding hydrogens is 396 g/mol. The molecule has 0 atom stereocenters. The highest BCUT2D eigenvalue weighted by molar-refractivity contribution is 7.99. The van der Waals surface area contributed by atoms with Gasteiger partial charge in [0.25, 0.3) is 10.9 Å². The second-order valence-electron chi connectivity index (χ2n) is 5.18. The van der Waals surface area contributed by atoms with Crippen molar-refractivity contribution < 1.29 is 19.2 Å². The lowest BCUT2D eigenvalue weighted by atomic mass is 10.2. The number of aromatic nitrogens is 2. The van der Waals surface area contributed by atoms with E-state index < -0.39 is 10.8 Å². The molecule has 0 bridgehead atoms. The number of hydrogen-bond donors (Lipinski definition) is 2. The molecule has 11 heteroatoms. The van der Waals surface area contributed by atoms with Crippen molar-refractivity contribution in [3.63, 3.8) is 0 Å². The number of nitrogens with one attached hydrogen (secondary N) is 1. The number of amides is 1. The summed E-state index contributed by atoms with van der Waals surface area (Å²) in [7, 11) is 0. The number of nitro groups is 1. The second kappa shape index (κ2) is 8.06. The molecule has 27 heavy (non-hydrogen) atoms. The van der Waals surface area contributed by atoms with Crippen molar-refractivity contribution in [1.82, 2.24) is 10.2 Å². The van der Waals surface area contributed by atoms with Gasteiger partial charge in [-0.25, -0.2) is 0 Å². The number of thioether (sulfide) groups is 1. The number of carbonyl (C=O) groups is 1. The summed E-state index contributed by atoms with van der Waals surface area (Å²) >= 11 is 6.80. The van der Waals surface area contributed by atoms with E-state index in [1.807, 2.05) is 0 Å². The molecule has 0 fully saturated rings. The third kappa shape index (κ3) is 4.74. The van der Waals surface area contributed by atoms with Gasteiger partial charge >= 0.3 is 0 Å². The zero-order chi connectivity index (χ0) is 19.4. The van der Waals surface area contributed by atoms with Crippen LogP contribution in [0.4, 0.5) is 11.4 Å². The molecule has 0 radical (unpaired) electrons. The summed E-state index contributed by atoms with van der Waals surface area (Å²) in [4.78, 5) is 22.3. The number of benzene rings is 2. The number of nitro benzene ring substituents is 1. The van der Waals surface area contributed by atoms with Crippen molar-refractivity contribution in [3.05, 3.63) is 57.6 Å². The standard InChI is InChI=1S/C16H11ClN4O5S/c17-10-4-5-13(22)12(7-10)18-14(23)8-27-16-20-19-15(26-16)9-2-1-3-11(6-9)21(24)25/h1-7,22H,8H2,(H,18,23). The Labute approximate surface area is 161 Å². The summed E-state index contributed by atoms with van der Waals surface area (Å²) in [6.45, 7) is 0. The first-order chi connectivity index (χ1) is 12.9. The predicted octanol–water partition coefficient (Wildman–Crippen LogP) is 3.73. The van der Waals surface area contributed by atoms with Crippen LogP contribution in [0.3, 0.4) is 0 Å². The van der Waals surface area contributed by atoms with Gasteiger partial charge in [0.1, 0.15) is 5.75 Å². The third-order valence-electron chi connectivity index (χ3n) is 3.27. The SMILES string of the molecule is O=C(CSc1nnc(-c2cccc([N+](=O)[O-])c2)o1)Nc1cc(Cl)ccc1O. The van der Waals surface area contributed by atoms with Crippen LogP contribution in [0.25, 0.3) is 11.5 Å². The molecule has 0 aliphatic carbocycles. The Kier molecular flexibility index (Phi) is 5.57. The van der Waals surface area contributed by atoms with Gasteiger partial charge in [0.15, 0.2) is 0 Å². The lowest BCUT2D eigenvalue weighted by Crippen LogP contribution is -2.14. The predicted molar refractivity (Wildman–Crippen MR) is 98.9 cm³/mol. The minimum absolute atomic E-state index is 0.0531.